The molecular weight excluding hydrogens is 232 g/mol. The van der Waals surface area contributed by atoms with Crippen LogP contribution in [0, 0.1) is 5.92 Å². The molecule has 0 aromatic carbocycles. The molecule has 16 heavy (non-hydrogen) atoms. The summed E-state index contributed by atoms with van der Waals surface area (Å²) in [5.74, 6) is -0.382. The van der Waals surface area contributed by atoms with Gasteiger partial charge in [-0.25, -0.2) is 4.72 Å². The van der Waals surface area contributed by atoms with Crippen LogP contribution in [0.1, 0.15) is 19.8 Å². The quantitative estimate of drug-likeness (QED) is 0.697. The summed E-state index contributed by atoms with van der Waals surface area (Å²) in [6.07, 6.45) is 1.06. The summed E-state index contributed by atoms with van der Waals surface area (Å²) in [7, 11) is -1.97. The highest BCUT2D eigenvalue weighted by Gasteiger charge is 2.30. The van der Waals surface area contributed by atoms with Crippen LogP contribution in [0.15, 0.2) is 0 Å². The number of carbonyl (C=O) groups excluding carboxylic acids is 1. The summed E-state index contributed by atoms with van der Waals surface area (Å²) in [5, 5.41) is 0. The van der Waals surface area contributed by atoms with E-state index in [0.29, 0.717) is 32.5 Å². The van der Waals surface area contributed by atoms with E-state index in [1.54, 1.807) is 6.92 Å². The largest absolute Gasteiger partial charge is 0.466 e. The van der Waals surface area contributed by atoms with Gasteiger partial charge in [-0.1, -0.05) is 0 Å². The minimum absolute atomic E-state index is 0.164. The molecule has 0 aromatic heterocycles. The molecule has 1 fully saturated rings. The average molecular weight is 250 g/mol. The molecule has 7 heteroatoms. The predicted molar refractivity (Wildman–Crippen MR) is 58.9 cm³/mol. The third kappa shape index (κ3) is 3.16. The van der Waals surface area contributed by atoms with Gasteiger partial charge in [0.2, 0.25) is 0 Å². The fourth-order valence-electron chi connectivity index (χ4n) is 1.72. The molecule has 0 radical (unpaired) electrons. The van der Waals surface area contributed by atoms with Crippen molar-refractivity contribution in [3.8, 4) is 0 Å². The molecule has 1 aliphatic heterocycles. The van der Waals surface area contributed by atoms with Crippen LogP contribution in [0.3, 0.4) is 0 Å². The van der Waals surface area contributed by atoms with Gasteiger partial charge in [-0.3, -0.25) is 4.79 Å². The highest BCUT2D eigenvalue weighted by Crippen LogP contribution is 2.20. The second kappa shape index (κ2) is 5.60. The van der Waals surface area contributed by atoms with Crippen molar-refractivity contribution in [3.05, 3.63) is 0 Å². The number of carbonyl (C=O) groups is 1. The predicted octanol–water partition coefficient (Wildman–Crippen LogP) is -0.274. The minimum Gasteiger partial charge on any atom is -0.466 e. The molecule has 0 amide bonds. The van der Waals surface area contributed by atoms with E-state index in [4.69, 9.17) is 4.74 Å². The number of nitrogens with one attached hydrogen (secondary N) is 1. The van der Waals surface area contributed by atoms with Crippen molar-refractivity contribution < 1.29 is 17.9 Å². The summed E-state index contributed by atoms with van der Waals surface area (Å²) in [4.78, 5) is 11.4. The van der Waals surface area contributed by atoms with Crippen LogP contribution in [0.25, 0.3) is 0 Å². The molecule has 94 valence electrons. The van der Waals surface area contributed by atoms with Crippen molar-refractivity contribution in [3.63, 3.8) is 0 Å². The van der Waals surface area contributed by atoms with E-state index < -0.39 is 10.2 Å². The van der Waals surface area contributed by atoms with Crippen LogP contribution in [-0.2, 0) is 19.7 Å². The van der Waals surface area contributed by atoms with Crippen molar-refractivity contribution in [1.82, 2.24) is 9.03 Å². The zero-order chi connectivity index (χ0) is 12.2. The molecule has 1 rings (SSSR count). The third-order valence-electron chi connectivity index (χ3n) is 2.67. The summed E-state index contributed by atoms with van der Waals surface area (Å²) in [6, 6.07) is 0. The smallest absolute Gasteiger partial charge is 0.309 e. The van der Waals surface area contributed by atoms with Gasteiger partial charge in [-0.15, -0.1) is 0 Å². The van der Waals surface area contributed by atoms with Crippen LogP contribution < -0.4 is 4.72 Å². The molecule has 0 aliphatic carbocycles. The Kier molecular flexibility index (Phi) is 4.69. The van der Waals surface area contributed by atoms with Crippen LogP contribution >= 0.6 is 0 Å². The summed E-state index contributed by atoms with van der Waals surface area (Å²) in [5.41, 5.74) is 0. The Morgan fingerprint density at radius 2 is 2.00 bits per heavy atom. The molecule has 1 aliphatic rings. The Labute approximate surface area is 96.1 Å². The fraction of sp³-hybridized carbons (Fsp3) is 0.889. The highest BCUT2D eigenvalue weighted by atomic mass is 32.2. The molecule has 6 nitrogen and oxygen atoms in total. The van der Waals surface area contributed by atoms with Crippen LogP contribution in [0.5, 0.6) is 0 Å². The first-order valence-corrected chi connectivity index (χ1v) is 6.80. The maximum atomic E-state index is 11.5. The molecule has 0 aromatic rings. The SMILES string of the molecule is CCOC(=O)C1CCN(S(=O)(=O)NC)CC1. The van der Waals surface area contributed by atoms with E-state index in [1.165, 1.54) is 11.4 Å². The van der Waals surface area contributed by atoms with Gasteiger partial charge in [0.1, 0.15) is 0 Å². The number of rotatable bonds is 4. The van der Waals surface area contributed by atoms with Gasteiger partial charge >= 0.3 is 5.97 Å². The fourth-order valence-corrected chi connectivity index (χ4v) is 2.67. The Morgan fingerprint density at radius 1 is 1.44 bits per heavy atom. The van der Waals surface area contributed by atoms with Crippen LogP contribution in [0.2, 0.25) is 0 Å². The number of esters is 1. The van der Waals surface area contributed by atoms with Gasteiger partial charge in [-0.05, 0) is 19.8 Å². The molecule has 0 unspecified atom stereocenters. The minimum atomic E-state index is -3.35. The summed E-state index contributed by atoms with van der Waals surface area (Å²) < 4.78 is 31.4. The molecule has 1 saturated heterocycles. The lowest BCUT2D eigenvalue weighted by Crippen LogP contribution is -2.45. The zero-order valence-electron chi connectivity index (χ0n) is 9.60. The maximum absolute atomic E-state index is 11.5. The van der Waals surface area contributed by atoms with Crippen molar-refractivity contribution in [2.24, 2.45) is 5.92 Å². The Morgan fingerprint density at radius 3 is 2.44 bits per heavy atom. The Bertz CT molecular complexity index is 333. The van der Waals surface area contributed by atoms with E-state index in [-0.39, 0.29) is 11.9 Å². The standard InChI is InChI=1S/C9H18N2O4S/c1-3-15-9(12)8-4-6-11(7-5-8)16(13,14)10-2/h8,10H,3-7H2,1-2H3. The molecular formula is C9H18N2O4S. The van der Waals surface area contributed by atoms with Gasteiger partial charge in [0.05, 0.1) is 12.5 Å². The topological polar surface area (TPSA) is 75.7 Å². The highest BCUT2D eigenvalue weighted by molar-refractivity contribution is 7.87. The third-order valence-corrected chi connectivity index (χ3v) is 4.23. The van der Waals surface area contributed by atoms with E-state index in [2.05, 4.69) is 4.72 Å². The Balaban J connectivity index is 2.49. The van der Waals surface area contributed by atoms with Crippen molar-refractivity contribution in [1.29, 1.82) is 0 Å². The first-order chi connectivity index (χ1) is 7.51. The van der Waals surface area contributed by atoms with Crippen molar-refractivity contribution >= 4 is 16.2 Å². The molecule has 0 saturated carbocycles. The van der Waals surface area contributed by atoms with E-state index >= 15 is 0 Å². The molecule has 0 bridgehead atoms. The molecule has 0 atom stereocenters. The first kappa shape index (κ1) is 13.4. The zero-order valence-corrected chi connectivity index (χ0v) is 10.4. The number of piperidine rings is 1. The molecule has 1 N–H and O–H groups in total. The van der Waals surface area contributed by atoms with E-state index in [9.17, 15) is 13.2 Å². The lowest BCUT2D eigenvalue weighted by atomic mass is 9.98. The van der Waals surface area contributed by atoms with Crippen LogP contribution in [-0.4, -0.2) is 45.4 Å². The Hall–Kier alpha value is -0.660. The second-order valence-electron chi connectivity index (χ2n) is 3.63. The maximum Gasteiger partial charge on any atom is 0.309 e. The van der Waals surface area contributed by atoms with Gasteiger partial charge in [-0.2, -0.15) is 12.7 Å². The number of hydrogen-bond donors (Lipinski definition) is 1. The number of ether oxygens (including phenoxy) is 1. The van der Waals surface area contributed by atoms with Gasteiger partial charge < -0.3 is 4.74 Å². The first-order valence-electron chi connectivity index (χ1n) is 5.36. The lowest BCUT2D eigenvalue weighted by molar-refractivity contribution is -0.149. The second-order valence-corrected chi connectivity index (χ2v) is 5.51. The number of hydrogen-bond acceptors (Lipinski definition) is 4. The molecule has 0 spiro atoms. The summed E-state index contributed by atoms with van der Waals surface area (Å²) >= 11 is 0. The van der Waals surface area contributed by atoms with Crippen molar-refractivity contribution in [2.75, 3.05) is 26.7 Å². The van der Waals surface area contributed by atoms with E-state index in [0.717, 1.165) is 0 Å². The normalized spacial score (nSPS) is 19.6. The summed E-state index contributed by atoms with van der Waals surface area (Å²) in [6.45, 7) is 2.87. The van der Waals surface area contributed by atoms with Crippen molar-refractivity contribution in [2.45, 2.75) is 19.8 Å². The molecule has 1 heterocycles. The lowest BCUT2D eigenvalue weighted by Gasteiger charge is -2.29. The monoisotopic (exact) mass is 250 g/mol. The van der Waals surface area contributed by atoms with Crippen LogP contribution in [0.4, 0.5) is 0 Å². The average Bonchev–Trinajstić information content (AvgIpc) is 2.29. The number of nitrogens with zero attached hydrogens (tertiary/aromatic N) is 1. The van der Waals surface area contributed by atoms with Gasteiger partial charge in [0, 0.05) is 20.1 Å². The van der Waals surface area contributed by atoms with Gasteiger partial charge in [0.25, 0.3) is 10.2 Å². The van der Waals surface area contributed by atoms with Gasteiger partial charge in [0.15, 0.2) is 0 Å². The van der Waals surface area contributed by atoms with E-state index in [1.807, 2.05) is 0 Å².